The van der Waals surface area contributed by atoms with Gasteiger partial charge in [0.25, 0.3) is 0 Å². The normalized spacial score (nSPS) is 10.5. The molecule has 0 fully saturated rings. The first-order valence-electron chi connectivity index (χ1n) is 8.46. The molecule has 3 rings (SSSR count). The number of nitrogens with one attached hydrogen (secondary N) is 1. The molecule has 3 aromatic rings. The van der Waals surface area contributed by atoms with Gasteiger partial charge in [-0.05, 0) is 36.8 Å². The quantitative estimate of drug-likeness (QED) is 0.544. The van der Waals surface area contributed by atoms with Crippen LogP contribution in [0.1, 0.15) is 11.1 Å². The summed E-state index contributed by atoms with van der Waals surface area (Å²) >= 11 is 3.29. The smallest absolute Gasteiger partial charge is 0.234 e. The molecule has 4 heteroatoms. The number of benzene rings is 3. The van der Waals surface area contributed by atoms with Crippen molar-refractivity contribution in [2.24, 2.45) is 0 Å². The molecule has 0 aliphatic carbocycles. The Balaban J connectivity index is 1.55. The van der Waals surface area contributed by atoms with E-state index < -0.39 is 0 Å². The topological polar surface area (TPSA) is 29.1 Å². The van der Waals surface area contributed by atoms with Crippen LogP contribution in [0.15, 0.2) is 88.7 Å². The highest BCUT2D eigenvalue weighted by molar-refractivity contribution is 7.99. The molecule has 0 heterocycles. The van der Waals surface area contributed by atoms with Crippen LogP contribution in [0.25, 0.3) is 0 Å². The molecular weight excluding hydrogens is 358 g/mol. The maximum atomic E-state index is 12.3. The standard InChI is InChI=1S/C22H21NOS2/c1-17-11-13-18(14-12-17)15-25-16-22(24)23-20-9-5-6-10-21(20)26-19-7-3-2-4-8-19/h2-14H,15-16H2,1H3,(H,23,24). The van der Waals surface area contributed by atoms with Gasteiger partial charge in [0.2, 0.25) is 5.91 Å². The molecule has 0 bridgehead atoms. The van der Waals surface area contributed by atoms with E-state index in [0.29, 0.717) is 5.75 Å². The van der Waals surface area contributed by atoms with E-state index in [4.69, 9.17) is 0 Å². The van der Waals surface area contributed by atoms with Crippen molar-refractivity contribution < 1.29 is 4.79 Å². The molecule has 0 aliphatic rings. The van der Waals surface area contributed by atoms with Crippen molar-refractivity contribution in [3.05, 3.63) is 90.0 Å². The molecule has 0 saturated heterocycles. The van der Waals surface area contributed by atoms with Crippen LogP contribution in [0.3, 0.4) is 0 Å². The molecule has 0 aromatic heterocycles. The summed E-state index contributed by atoms with van der Waals surface area (Å²) in [5.41, 5.74) is 3.36. The molecule has 26 heavy (non-hydrogen) atoms. The summed E-state index contributed by atoms with van der Waals surface area (Å²) in [6.45, 7) is 2.08. The van der Waals surface area contributed by atoms with Crippen LogP contribution in [0.4, 0.5) is 5.69 Å². The lowest BCUT2D eigenvalue weighted by atomic mass is 10.2. The summed E-state index contributed by atoms with van der Waals surface area (Å²) in [5.74, 6) is 1.31. The average Bonchev–Trinajstić information content (AvgIpc) is 2.66. The highest BCUT2D eigenvalue weighted by atomic mass is 32.2. The predicted molar refractivity (Wildman–Crippen MR) is 113 cm³/mol. The summed E-state index contributed by atoms with van der Waals surface area (Å²) in [7, 11) is 0. The Bertz CT molecular complexity index is 848. The van der Waals surface area contributed by atoms with Crippen molar-refractivity contribution in [1.82, 2.24) is 0 Å². The second kappa shape index (κ2) is 9.51. The van der Waals surface area contributed by atoms with Gasteiger partial charge < -0.3 is 5.32 Å². The van der Waals surface area contributed by atoms with Crippen molar-refractivity contribution in [3.63, 3.8) is 0 Å². The number of amides is 1. The first-order valence-corrected chi connectivity index (χ1v) is 10.4. The molecule has 0 aliphatic heterocycles. The van der Waals surface area contributed by atoms with Crippen LogP contribution in [0.5, 0.6) is 0 Å². The van der Waals surface area contributed by atoms with Crippen LogP contribution >= 0.6 is 23.5 Å². The fraction of sp³-hybridized carbons (Fsp3) is 0.136. The molecule has 1 N–H and O–H groups in total. The van der Waals surface area contributed by atoms with Crippen molar-refractivity contribution >= 4 is 35.1 Å². The SMILES string of the molecule is Cc1ccc(CSCC(=O)Nc2ccccc2Sc2ccccc2)cc1. The minimum Gasteiger partial charge on any atom is -0.324 e. The van der Waals surface area contributed by atoms with Gasteiger partial charge in [0.1, 0.15) is 0 Å². The molecule has 0 spiro atoms. The summed E-state index contributed by atoms with van der Waals surface area (Å²) in [5, 5.41) is 3.05. The summed E-state index contributed by atoms with van der Waals surface area (Å²) in [6.07, 6.45) is 0. The zero-order valence-corrected chi connectivity index (χ0v) is 16.3. The third-order valence-electron chi connectivity index (χ3n) is 3.75. The fourth-order valence-electron chi connectivity index (χ4n) is 2.41. The molecule has 0 saturated carbocycles. The zero-order chi connectivity index (χ0) is 18.2. The Kier molecular flexibility index (Phi) is 6.81. The van der Waals surface area contributed by atoms with E-state index in [0.717, 1.165) is 21.2 Å². The van der Waals surface area contributed by atoms with E-state index in [1.54, 1.807) is 23.5 Å². The van der Waals surface area contributed by atoms with Crippen LogP contribution < -0.4 is 5.32 Å². The number of aryl methyl sites for hydroxylation is 1. The van der Waals surface area contributed by atoms with Crippen molar-refractivity contribution in [2.75, 3.05) is 11.1 Å². The van der Waals surface area contributed by atoms with E-state index in [9.17, 15) is 4.79 Å². The van der Waals surface area contributed by atoms with Gasteiger partial charge in [-0.25, -0.2) is 0 Å². The largest absolute Gasteiger partial charge is 0.324 e. The second-order valence-electron chi connectivity index (χ2n) is 5.94. The number of rotatable bonds is 7. The number of thioether (sulfide) groups is 1. The third-order valence-corrected chi connectivity index (χ3v) is 5.84. The van der Waals surface area contributed by atoms with Gasteiger partial charge in [-0.1, -0.05) is 71.9 Å². The van der Waals surface area contributed by atoms with Crippen molar-refractivity contribution in [1.29, 1.82) is 0 Å². The summed E-state index contributed by atoms with van der Waals surface area (Å²) in [6, 6.07) is 26.6. The Morgan fingerprint density at radius 1 is 0.885 bits per heavy atom. The number of carbonyl (C=O) groups excluding carboxylic acids is 1. The summed E-state index contributed by atoms with van der Waals surface area (Å²) in [4.78, 5) is 14.5. The van der Waals surface area contributed by atoms with Gasteiger partial charge in [-0.2, -0.15) is 0 Å². The molecule has 0 atom stereocenters. The highest BCUT2D eigenvalue weighted by Gasteiger charge is 2.08. The number of anilines is 1. The first-order chi connectivity index (χ1) is 12.7. The van der Waals surface area contributed by atoms with Gasteiger partial charge in [0.05, 0.1) is 11.4 Å². The first kappa shape index (κ1) is 18.6. The molecule has 3 aromatic carbocycles. The van der Waals surface area contributed by atoms with Gasteiger partial charge in [-0.15, -0.1) is 11.8 Å². The van der Waals surface area contributed by atoms with Crippen molar-refractivity contribution in [2.45, 2.75) is 22.5 Å². The molecular formula is C22H21NOS2. The van der Waals surface area contributed by atoms with E-state index in [1.807, 2.05) is 42.5 Å². The van der Waals surface area contributed by atoms with Gasteiger partial charge in [0, 0.05) is 15.5 Å². The lowest BCUT2D eigenvalue weighted by molar-refractivity contribution is -0.113. The number of carbonyl (C=O) groups is 1. The average molecular weight is 380 g/mol. The maximum Gasteiger partial charge on any atom is 0.234 e. The van der Waals surface area contributed by atoms with Crippen LogP contribution in [-0.4, -0.2) is 11.7 Å². The zero-order valence-electron chi connectivity index (χ0n) is 14.6. The van der Waals surface area contributed by atoms with E-state index in [2.05, 4.69) is 48.6 Å². The van der Waals surface area contributed by atoms with Gasteiger partial charge >= 0.3 is 0 Å². The Morgan fingerprint density at radius 3 is 2.35 bits per heavy atom. The third kappa shape index (κ3) is 5.68. The minimum atomic E-state index is 0.0308. The molecule has 132 valence electrons. The molecule has 0 unspecified atom stereocenters. The van der Waals surface area contributed by atoms with Gasteiger partial charge in [-0.3, -0.25) is 4.79 Å². The molecule has 0 radical (unpaired) electrons. The predicted octanol–water partition coefficient (Wildman–Crippen LogP) is 6.02. The number of hydrogen-bond donors (Lipinski definition) is 1. The van der Waals surface area contributed by atoms with Crippen LogP contribution in [0, 0.1) is 6.92 Å². The minimum absolute atomic E-state index is 0.0308. The number of para-hydroxylation sites is 1. The molecule has 1 amide bonds. The number of hydrogen-bond acceptors (Lipinski definition) is 3. The lowest BCUT2D eigenvalue weighted by Gasteiger charge is -2.11. The van der Waals surface area contributed by atoms with Crippen LogP contribution in [0.2, 0.25) is 0 Å². The Labute approximate surface area is 163 Å². The highest BCUT2D eigenvalue weighted by Crippen LogP contribution is 2.33. The lowest BCUT2D eigenvalue weighted by Crippen LogP contribution is -2.14. The Morgan fingerprint density at radius 2 is 1.58 bits per heavy atom. The fourth-order valence-corrected chi connectivity index (χ4v) is 4.12. The van der Waals surface area contributed by atoms with Gasteiger partial charge in [0.15, 0.2) is 0 Å². The van der Waals surface area contributed by atoms with E-state index in [-0.39, 0.29) is 5.91 Å². The monoisotopic (exact) mass is 379 g/mol. The second-order valence-corrected chi connectivity index (χ2v) is 8.04. The Hall–Kier alpha value is -2.17. The van der Waals surface area contributed by atoms with Crippen molar-refractivity contribution in [3.8, 4) is 0 Å². The molecule has 2 nitrogen and oxygen atoms in total. The summed E-state index contributed by atoms with van der Waals surface area (Å²) < 4.78 is 0. The van der Waals surface area contributed by atoms with E-state index >= 15 is 0 Å². The maximum absolute atomic E-state index is 12.3. The van der Waals surface area contributed by atoms with Crippen LogP contribution in [-0.2, 0) is 10.5 Å². The van der Waals surface area contributed by atoms with E-state index in [1.165, 1.54) is 11.1 Å².